The zero-order chi connectivity index (χ0) is 23.8. The van der Waals surface area contributed by atoms with E-state index in [1.165, 1.54) is 5.57 Å². The molecule has 3 aliphatic rings. The molecule has 4 rings (SSSR count). The van der Waals surface area contributed by atoms with Gasteiger partial charge in [-0.3, -0.25) is 4.21 Å². The van der Waals surface area contributed by atoms with E-state index in [4.69, 9.17) is 37.9 Å². The number of allylic oxidation sites excluding steroid dienone is 4. The molecule has 1 aromatic rings. The van der Waals surface area contributed by atoms with Gasteiger partial charge in [0.2, 0.25) is 5.95 Å². The lowest BCUT2D eigenvalue weighted by atomic mass is 9.86. The minimum absolute atomic E-state index is 0.00126. The van der Waals surface area contributed by atoms with E-state index in [-0.39, 0.29) is 5.38 Å². The van der Waals surface area contributed by atoms with Gasteiger partial charge in [0.25, 0.3) is 0 Å². The van der Waals surface area contributed by atoms with E-state index in [9.17, 15) is 4.21 Å². The van der Waals surface area contributed by atoms with Crippen molar-refractivity contribution in [3.8, 4) is 0 Å². The average Bonchev–Trinajstić information content (AvgIpc) is 3.19. The van der Waals surface area contributed by atoms with Crippen molar-refractivity contribution in [1.29, 1.82) is 0 Å². The summed E-state index contributed by atoms with van der Waals surface area (Å²) in [7, 11) is 0.725. The first-order valence-corrected chi connectivity index (χ1v) is 14.1. The Labute approximate surface area is 210 Å². The number of halogens is 2. The lowest BCUT2D eigenvalue weighted by Gasteiger charge is -2.34. The first-order chi connectivity index (χ1) is 16.0. The normalized spacial score (nSPS) is 22.8. The second-order valence-corrected chi connectivity index (χ2v) is 11.2. The molecule has 0 spiro atoms. The van der Waals surface area contributed by atoms with Crippen molar-refractivity contribution in [3.05, 3.63) is 28.5 Å². The van der Waals surface area contributed by atoms with E-state index in [1.807, 2.05) is 0 Å². The van der Waals surface area contributed by atoms with Crippen LogP contribution in [-0.4, -0.2) is 58.7 Å². The number of methoxy groups -OCH3 is 1. The quantitative estimate of drug-likeness (QED) is 0.499. The number of aryl methyl sites for hydroxylation is 1. The van der Waals surface area contributed by atoms with Crippen LogP contribution in [0.15, 0.2) is 27.7 Å². The van der Waals surface area contributed by atoms with E-state index in [0.29, 0.717) is 11.7 Å². The number of aromatic nitrogens is 2. The molecular formula is C24H36Cl2N4O2S. The fourth-order valence-electron chi connectivity index (χ4n) is 4.30. The molecule has 1 saturated heterocycles. The van der Waals surface area contributed by atoms with Crippen molar-refractivity contribution >= 4 is 45.8 Å². The minimum atomic E-state index is -0.987. The van der Waals surface area contributed by atoms with Crippen LogP contribution in [0.5, 0.6) is 0 Å². The second-order valence-electron chi connectivity index (χ2n) is 8.61. The van der Waals surface area contributed by atoms with Gasteiger partial charge in [-0.15, -0.1) is 11.6 Å². The van der Waals surface area contributed by atoms with Gasteiger partial charge in [0.15, 0.2) is 0 Å². The lowest BCUT2D eigenvalue weighted by Crippen LogP contribution is -2.36. The molecule has 3 heterocycles. The summed E-state index contributed by atoms with van der Waals surface area (Å²) in [5.41, 5.74) is 2.21. The van der Waals surface area contributed by atoms with Crippen LogP contribution >= 0.6 is 23.2 Å². The number of hydrogen-bond donors (Lipinski definition) is 1. The third-order valence-electron chi connectivity index (χ3n) is 5.96. The highest BCUT2D eigenvalue weighted by Gasteiger charge is 2.29. The lowest BCUT2D eigenvalue weighted by molar-refractivity contribution is 0.199. The molecule has 184 valence electrons. The predicted molar refractivity (Wildman–Crippen MR) is 139 cm³/mol. The Morgan fingerprint density at radius 3 is 2.61 bits per heavy atom. The van der Waals surface area contributed by atoms with Crippen LogP contribution in [0, 0.1) is 5.92 Å². The fraction of sp³-hybridized carbons (Fsp3) is 0.667. The van der Waals surface area contributed by atoms with Crippen molar-refractivity contribution in [3.63, 3.8) is 0 Å². The first kappa shape index (κ1) is 26.5. The Kier molecular flexibility index (Phi) is 10.5. The zero-order valence-electron chi connectivity index (χ0n) is 19.9. The minimum Gasteiger partial charge on any atom is -0.385 e. The Balaban J connectivity index is 0.000000555. The van der Waals surface area contributed by atoms with Gasteiger partial charge in [0.05, 0.1) is 21.9 Å². The zero-order valence-corrected chi connectivity index (χ0v) is 22.2. The number of ether oxygens (including phenoxy) is 1. The van der Waals surface area contributed by atoms with E-state index in [1.54, 1.807) is 7.11 Å². The first-order valence-electron chi connectivity index (χ1n) is 12.0. The van der Waals surface area contributed by atoms with E-state index in [2.05, 4.69) is 36.2 Å². The van der Waals surface area contributed by atoms with Gasteiger partial charge in [-0.05, 0) is 43.3 Å². The summed E-state index contributed by atoms with van der Waals surface area (Å²) < 4.78 is 17.0. The van der Waals surface area contributed by atoms with E-state index < -0.39 is 10.8 Å². The van der Waals surface area contributed by atoms with Crippen molar-refractivity contribution in [2.45, 2.75) is 62.6 Å². The van der Waals surface area contributed by atoms with Crippen LogP contribution in [0.1, 0.15) is 51.6 Å². The van der Waals surface area contributed by atoms with Crippen LogP contribution in [0.2, 0.25) is 0 Å². The molecule has 1 aliphatic carbocycles. The molecule has 2 atom stereocenters. The molecule has 0 saturated carbocycles. The summed E-state index contributed by atoms with van der Waals surface area (Å²) in [6, 6.07) is 0. The number of hydrogen-bond acceptors (Lipinski definition) is 6. The molecule has 1 fully saturated rings. The topological polar surface area (TPSA) is 67.4 Å². The maximum Gasteiger partial charge on any atom is 0.227 e. The summed E-state index contributed by atoms with van der Waals surface area (Å²) in [6.45, 7) is 7.71. The third-order valence-corrected chi connectivity index (χ3v) is 7.97. The molecule has 0 radical (unpaired) electrons. The second kappa shape index (κ2) is 13.1. The van der Waals surface area contributed by atoms with Gasteiger partial charge >= 0.3 is 0 Å². The number of piperidine rings is 1. The Morgan fingerprint density at radius 2 is 2.00 bits per heavy atom. The molecule has 1 N–H and O–H groups in total. The molecule has 0 amide bonds. The van der Waals surface area contributed by atoms with Crippen LogP contribution in [-0.2, 0) is 22.0 Å². The predicted octanol–water partition coefficient (Wildman–Crippen LogP) is 5.28. The molecular weight excluding hydrogens is 479 g/mol. The van der Waals surface area contributed by atoms with Gasteiger partial charge in [-0.1, -0.05) is 31.5 Å². The van der Waals surface area contributed by atoms with Crippen molar-refractivity contribution in [1.82, 2.24) is 9.97 Å². The summed E-state index contributed by atoms with van der Waals surface area (Å²) >= 11 is 12.6. The number of anilines is 2. The highest BCUT2D eigenvalue weighted by atomic mass is 35.5. The van der Waals surface area contributed by atoms with Crippen molar-refractivity contribution in [2.75, 3.05) is 49.3 Å². The van der Waals surface area contributed by atoms with Gasteiger partial charge in [-0.25, -0.2) is 4.98 Å². The molecule has 0 aromatic carbocycles. The van der Waals surface area contributed by atoms with E-state index >= 15 is 0 Å². The van der Waals surface area contributed by atoms with E-state index in [0.717, 1.165) is 92.2 Å². The Morgan fingerprint density at radius 1 is 1.24 bits per heavy atom. The number of nitrogens with one attached hydrogen (secondary N) is 1. The molecule has 6 nitrogen and oxygen atoms in total. The summed E-state index contributed by atoms with van der Waals surface area (Å²) in [4.78, 5) is 12.6. The number of rotatable bonds is 7. The smallest absolute Gasteiger partial charge is 0.227 e. The fourth-order valence-corrected chi connectivity index (χ4v) is 6.31. The standard InChI is InChI=1S/C20H26Cl2N4OS.C4H10O/c1-2-6-23-19-18-17(5-9-28(18)27)24-20(25-19)26-7-3-13(4-8-26)14-10-15(21)12-16(22)11-14;1-3-4-5-2/h10-11,13,15H,2-9,12H2,1H3,(H,23,24,25);3-4H2,1-2H3. The van der Waals surface area contributed by atoms with Crippen molar-refractivity contribution < 1.29 is 8.95 Å². The van der Waals surface area contributed by atoms with Crippen LogP contribution in [0.4, 0.5) is 11.8 Å². The Hall–Kier alpha value is -1.15. The summed E-state index contributed by atoms with van der Waals surface area (Å²) in [5.74, 6) is 2.65. The molecule has 2 aliphatic heterocycles. The Bertz CT molecular complexity index is 883. The van der Waals surface area contributed by atoms with Gasteiger partial charge in [-0.2, -0.15) is 4.98 Å². The van der Waals surface area contributed by atoms with Gasteiger partial charge in [0.1, 0.15) is 10.7 Å². The third kappa shape index (κ3) is 7.17. The maximum absolute atomic E-state index is 12.4. The van der Waals surface area contributed by atoms with Crippen LogP contribution < -0.4 is 10.2 Å². The van der Waals surface area contributed by atoms with Gasteiger partial charge in [0, 0.05) is 57.0 Å². The maximum atomic E-state index is 12.4. The summed E-state index contributed by atoms with van der Waals surface area (Å²) in [5, 5.41) is 4.21. The van der Waals surface area contributed by atoms with Crippen LogP contribution in [0.3, 0.4) is 0 Å². The molecule has 0 bridgehead atoms. The van der Waals surface area contributed by atoms with Crippen molar-refractivity contribution in [2.24, 2.45) is 5.92 Å². The number of fused-ring (bicyclic) bond motifs is 1. The SMILES string of the molecule is CCCNc1nc(N2CCC(C3=CC(Cl)CC(Cl)=C3)CC2)nc2c1S(=O)CC2.CCCOC. The van der Waals surface area contributed by atoms with Crippen LogP contribution in [0.25, 0.3) is 0 Å². The number of nitrogens with zero attached hydrogens (tertiary/aromatic N) is 3. The highest BCUT2D eigenvalue weighted by Crippen LogP contribution is 2.35. The molecule has 2 unspecified atom stereocenters. The molecule has 9 heteroatoms. The molecule has 33 heavy (non-hydrogen) atoms. The number of alkyl halides is 1. The monoisotopic (exact) mass is 514 g/mol. The largest absolute Gasteiger partial charge is 0.385 e. The van der Waals surface area contributed by atoms with Gasteiger partial charge < -0.3 is 15.0 Å². The summed E-state index contributed by atoms with van der Waals surface area (Å²) in [6.07, 6.45) is 9.91. The molecule has 1 aromatic heterocycles. The highest BCUT2D eigenvalue weighted by molar-refractivity contribution is 7.85. The average molecular weight is 516 g/mol.